The average molecular weight is 387 g/mol. The molecule has 4 unspecified atom stereocenters. The molecule has 0 spiro atoms. The first kappa shape index (κ1) is 18.1. The smallest absolute Gasteiger partial charge is 0.225 e. The Hall–Kier alpha value is -2.99. The molecule has 6 heteroatoms. The molecule has 2 aliphatic carbocycles. The predicted octanol–water partition coefficient (Wildman–Crippen LogP) is 2.92. The summed E-state index contributed by atoms with van der Waals surface area (Å²) in [6.07, 6.45) is 8.91. The lowest BCUT2D eigenvalue weighted by Gasteiger charge is -2.27. The van der Waals surface area contributed by atoms with E-state index in [1.807, 2.05) is 53.3 Å². The van der Waals surface area contributed by atoms with Crippen molar-refractivity contribution in [3.63, 3.8) is 0 Å². The molecule has 3 N–H and O–H groups in total. The molecule has 2 aliphatic rings. The molecule has 148 valence electrons. The maximum absolute atomic E-state index is 12.9. The Bertz CT molecular complexity index is 999. The second-order valence-corrected chi connectivity index (χ2v) is 8.17. The van der Waals surface area contributed by atoms with Gasteiger partial charge < -0.3 is 11.1 Å². The van der Waals surface area contributed by atoms with Crippen LogP contribution in [-0.4, -0.2) is 26.7 Å². The number of nitrogens with two attached hydrogens (primary N) is 1. The first-order valence-electron chi connectivity index (χ1n) is 10.3. The molecule has 6 nitrogen and oxygen atoms in total. The molecule has 2 heterocycles. The van der Waals surface area contributed by atoms with E-state index in [0.29, 0.717) is 18.4 Å². The number of benzene rings is 1. The molecule has 4 atom stereocenters. The highest BCUT2D eigenvalue weighted by Gasteiger charge is 2.48. The first-order valence-corrected chi connectivity index (χ1v) is 10.3. The van der Waals surface area contributed by atoms with E-state index >= 15 is 0 Å². The van der Waals surface area contributed by atoms with Crippen LogP contribution in [0.2, 0.25) is 0 Å². The van der Waals surface area contributed by atoms with Crippen molar-refractivity contribution in [3.8, 4) is 16.9 Å². The van der Waals surface area contributed by atoms with Crippen LogP contribution in [0.3, 0.4) is 0 Å². The van der Waals surface area contributed by atoms with E-state index < -0.39 is 0 Å². The zero-order valence-corrected chi connectivity index (χ0v) is 16.2. The van der Waals surface area contributed by atoms with Crippen LogP contribution >= 0.6 is 0 Å². The number of carbonyl (C=O) groups excluding carboxylic acids is 1. The number of nitrogens with zero attached hydrogens (tertiary/aromatic N) is 3. The van der Waals surface area contributed by atoms with E-state index in [-0.39, 0.29) is 17.9 Å². The molecule has 3 aromatic rings. The monoisotopic (exact) mass is 387 g/mol. The lowest BCUT2D eigenvalue weighted by Crippen LogP contribution is -2.45. The number of para-hydroxylation sites is 1. The van der Waals surface area contributed by atoms with Crippen molar-refractivity contribution < 1.29 is 4.79 Å². The maximum Gasteiger partial charge on any atom is 0.225 e. The van der Waals surface area contributed by atoms with Crippen LogP contribution in [0.4, 0.5) is 0 Å². The fourth-order valence-corrected chi connectivity index (χ4v) is 5.03. The number of hydrogen-bond acceptors (Lipinski definition) is 4. The Morgan fingerprint density at radius 2 is 1.86 bits per heavy atom. The molecular weight excluding hydrogens is 362 g/mol. The number of hydrogen-bond donors (Lipinski definition) is 2. The number of amides is 1. The lowest BCUT2D eigenvalue weighted by molar-refractivity contribution is -0.127. The number of nitrogens with one attached hydrogen (secondary N) is 1. The molecular formula is C23H25N5O. The van der Waals surface area contributed by atoms with Gasteiger partial charge in [-0.15, -0.1) is 0 Å². The van der Waals surface area contributed by atoms with Gasteiger partial charge in [-0.1, -0.05) is 18.2 Å². The summed E-state index contributed by atoms with van der Waals surface area (Å²) in [6, 6.07) is 13.9. The van der Waals surface area contributed by atoms with Crippen LogP contribution < -0.4 is 11.1 Å². The average Bonchev–Trinajstić information content (AvgIpc) is 3.48. The summed E-state index contributed by atoms with van der Waals surface area (Å²) in [5, 5.41) is 7.94. The minimum Gasteiger partial charge on any atom is -0.352 e. The van der Waals surface area contributed by atoms with Gasteiger partial charge in [-0.25, -0.2) is 4.68 Å². The van der Waals surface area contributed by atoms with E-state index in [1.165, 1.54) is 6.42 Å². The molecule has 2 bridgehead atoms. The second kappa shape index (κ2) is 7.44. The molecule has 1 amide bonds. The van der Waals surface area contributed by atoms with Crippen LogP contribution in [0.1, 0.15) is 24.8 Å². The SMILES string of the molecule is NC1C2CCC(C2)C1C(=O)NCc1cn(-c2ccccc2)nc1-c1ccncc1. The highest BCUT2D eigenvalue weighted by atomic mass is 16.1. The zero-order chi connectivity index (χ0) is 19.8. The van der Waals surface area contributed by atoms with Crippen molar-refractivity contribution >= 4 is 5.91 Å². The molecule has 0 saturated heterocycles. The van der Waals surface area contributed by atoms with Gasteiger partial charge >= 0.3 is 0 Å². The summed E-state index contributed by atoms with van der Waals surface area (Å²) < 4.78 is 1.86. The number of pyridine rings is 1. The maximum atomic E-state index is 12.9. The largest absolute Gasteiger partial charge is 0.352 e. The Morgan fingerprint density at radius 1 is 1.10 bits per heavy atom. The van der Waals surface area contributed by atoms with Crippen LogP contribution in [0.15, 0.2) is 61.1 Å². The summed E-state index contributed by atoms with van der Waals surface area (Å²) in [6.45, 7) is 0.434. The Morgan fingerprint density at radius 3 is 2.59 bits per heavy atom. The Balaban J connectivity index is 1.40. The second-order valence-electron chi connectivity index (χ2n) is 8.17. The van der Waals surface area contributed by atoms with Crippen LogP contribution in [0.5, 0.6) is 0 Å². The van der Waals surface area contributed by atoms with E-state index in [2.05, 4.69) is 10.3 Å². The highest BCUT2D eigenvalue weighted by molar-refractivity contribution is 5.80. The standard InChI is InChI=1S/C23H25N5O/c24-21-17-7-6-16(12-17)20(21)23(29)26-13-18-14-28(19-4-2-1-3-5-19)27-22(18)15-8-10-25-11-9-15/h1-5,8-11,14,16-17,20-21H,6-7,12-13,24H2,(H,26,29). The van der Waals surface area contributed by atoms with Gasteiger partial charge in [-0.2, -0.15) is 5.10 Å². The Kier molecular flexibility index (Phi) is 4.64. The van der Waals surface area contributed by atoms with Crippen molar-refractivity contribution in [2.24, 2.45) is 23.5 Å². The molecule has 5 rings (SSSR count). The van der Waals surface area contributed by atoms with Crippen molar-refractivity contribution in [3.05, 3.63) is 66.6 Å². The molecule has 2 aromatic heterocycles. The van der Waals surface area contributed by atoms with Gasteiger partial charge in [0.15, 0.2) is 0 Å². The third-order valence-corrected chi connectivity index (χ3v) is 6.50. The van der Waals surface area contributed by atoms with Gasteiger partial charge in [-0.3, -0.25) is 9.78 Å². The molecule has 0 aliphatic heterocycles. The quantitative estimate of drug-likeness (QED) is 0.705. The first-order chi connectivity index (χ1) is 14.2. The van der Waals surface area contributed by atoms with Crippen molar-refractivity contribution in [2.75, 3.05) is 0 Å². The fraction of sp³-hybridized carbons (Fsp3) is 0.348. The van der Waals surface area contributed by atoms with Gasteiger partial charge in [0.1, 0.15) is 0 Å². The van der Waals surface area contributed by atoms with Crippen molar-refractivity contribution in [1.82, 2.24) is 20.1 Å². The normalized spacial score (nSPS) is 25.3. The van der Waals surface area contributed by atoms with E-state index in [4.69, 9.17) is 10.8 Å². The summed E-state index contributed by atoms with van der Waals surface area (Å²) in [7, 11) is 0. The minimum absolute atomic E-state index is 0.000426. The molecule has 0 radical (unpaired) electrons. The number of fused-ring (bicyclic) bond motifs is 2. The summed E-state index contributed by atoms with van der Waals surface area (Å²) >= 11 is 0. The van der Waals surface area contributed by atoms with Gasteiger partial charge in [0, 0.05) is 42.3 Å². The highest BCUT2D eigenvalue weighted by Crippen LogP contribution is 2.47. The molecule has 2 saturated carbocycles. The fourth-order valence-electron chi connectivity index (χ4n) is 5.03. The zero-order valence-electron chi connectivity index (χ0n) is 16.2. The van der Waals surface area contributed by atoms with Crippen LogP contribution in [0, 0.1) is 17.8 Å². The third-order valence-electron chi connectivity index (χ3n) is 6.50. The third kappa shape index (κ3) is 3.34. The number of aromatic nitrogens is 3. The van der Waals surface area contributed by atoms with E-state index in [9.17, 15) is 4.79 Å². The van der Waals surface area contributed by atoms with Gasteiger partial charge in [0.25, 0.3) is 0 Å². The van der Waals surface area contributed by atoms with Crippen molar-refractivity contribution in [2.45, 2.75) is 31.8 Å². The van der Waals surface area contributed by atoms with Gasteiger partial charge in [-0.05, 0) is 55.4 Å². The lowest BCUT2D eigenvalue weighted by atomic mass is 9.84. The van der Waals surface area contributed by atoms with E-state index in [1.54, 1.807) is 12.4 Å². The van der Waals surface area contributed by atoms with Gasteiger partial charge in [0.2, 0.25) is 5.91 Å². The Labute approximate surface area is 170 Å². The topological polar surface area (TPSA) is 85.8 Å². The molecule has 1 aromatic carbocycles. The molecule has 2 fully saturated rings. The number of rotatable bonds is 5. The van der Waals surface area contributed by atoms with Crippen molar-refractivity contribution in [1.29, 1.82) is 0 Å². The van der Waals surface area contributed by atoms with Gasteiger partial charge in [0.05, 0.1) is 17.3 Å². The predicted molar refractivity (Wildman–Crippen MR) is 111 cm³/mol. The van der Waals surface area contributed by atoms with Crippen LogP contribution in [0.25, 0.3) is 16.9 Å². The van der Waals surface area contributed by atoms with E-state index in [0.717, 1.165) is 35.3 Å². The van der Waals surface area contributed by atoms with Crippen LogP contribution in [-0.2, 0) is 11.3 Å². The summed E-state index contributed by atoms with van der Waals surface area (Å²) in [5.74, 6) is 0.991. The summed E-state index contributed by atoms with van der Waals surface area (Å²) in [4.78, 5) is 17.0. The summed E-state index contributed by atoms with van der Waals surface area (Å²) in [5.41, 5.74) is 10.1. The molecule has 29 heavy (non-hydrogen) atoms. The minimum atomic E-state index is -0.0534. The number of carbonyl (C=O) groups is 1.